The number of esters is 1. The highest BCUT2D eigenvalue weighted by Crippen LogP contribution is 2.24. The first kappa shape index (κ1) is 25.6. The van der Waals surface area contributed by atoms with Crippen LogP contribution in [0.15, 0.2) is 30.3 Å². The Kier molecular flexibility index (Phi) is 9.15. The average molecular weight is 485 g/mol. The van der Waals surface area contributed by atoms with Crippen LogP contribution in [0.3, 0.4) is 0 Å². The molecule has 0 spiro atoms. The fourth-order valence-corrected chi connectivity index (χ4v) is 5.69. The zero-order chi connectivity index (χ0) is 24.6. The van der Waals surface area contributed by atoms with Crippen molar-refractivity contribution in [2.75, 3.05) is 59.5 Å². The molecule has 0 N–H and O–H groups in total. The normalized spacial score (nSPS) is 21.2. The van der Waals surface area contributed by atoms with Gasteiger partial charge in [0.05, 0.1) is 13.5 Å². The quantitative estimate of drug-likeness (QED) is 0.551. The first-order valence-corrected chi connectivity index (χ1v) is 13.2. The molecule has 1 aromatic rings. The number of carbonyl (C=O) groups is 3. The Bertz CT molecular complexity index is 840. The molecule has 3 aliphatic rings. The summed E-state index contributed by atoms with van der Waals surface area (Å²) in [6, 6.07) is 11.3. The van der Waals surface area contributed by atoms with E-state index >= 15 is 0 Å². The lowest BCUT2D eigenvalue weighted by Crippen LogP contribution is -2.55. The zero-order valence-electron chi connectivity index (χ0n) is 21.1. The van der Waals surface area contributed by atoms with Crippen LogP contribution in [0.1, 0.15) is 44.1 Å². The second-order valence-electron chi connectivity index (χ2n) is 10.1. The number of benzene rings is 1. The molecule has 1 aromatic carbocycles. The van der Waals surface area contributed by atoms with Crippen LogP contribution in [-0.2, 0) is 25.7 Å². The largest absolute Gasteiger partial charge is 0.469 e. The summed E-state index contributed by atoms with van der Waals surface area (Å²) in [5.41, 5.74) is 1.38. The smallest absolute Gasteiger partial charge is 0.306 e. The lowest BCUT2D eigenvalue weighted by Gasteiger charge is -2.43. The second kappa shape index (κ2) is 12.5. The summed E-state index contributed by atoms with van der Waals surface area (Å²) in [5.74, 6) is -0.124. The van der Waals surface area contributed by atoms with E-state index < -0.39 is 0 Å². The molecule has 0 bridgehead atoms. The van der Waals surface area contributed by atoms with E-state index in [-0.39, 0.29) is 36.5 Å². The van der Waals surface area contributed by atoms with Gasteiger partial charge in [0, 0.05) is 64.2 Å². The number of hydrogen-bond donors (Lipinski definition) is 0. The Balaban J connectivity index is 1.14. The van der Waals surface area contributed by atoms with Crippen LogP contribution in [-0.4, -0.2) is 103 Å². The van der Waals surface area contributed by atoms with Gasteiger partial charge in [-0.2, -0.15) is 0 Å². The van der Waals surface area contributed by atoms with Gasteiger partial charge in [-0.15, -0.1) is 0 Å². The lowest BCUT2D eigenvalue weighted by molar-refractivity contribution is -0.145. The Hall–Kier alpha value is -2.45. The molecule has 0 radical (unpaired) electrons. The number of carbonyl (C=O) groups excluding carboxylic acids is 3. The molecule has 4 rings (SSSR count). The minimum atomic E-state index is -0.361. The first-order valence-electron chi connectivity index (χ1n) is 13.2. The molecule has 0 saturated carbocycles. The van der Waals surface area contributed by atoms with E-state index in [0.29, 0.717) is 32.0 Å². The third kappa shape index (κ3) is 7.04. The molecule has 35 heavy (non-hydrogen) atoms. The summed E-state index contributed by atoms with van der Waals surface area (Å²) >= 11 is 0. The molecule has 2 amide bonds. The van der Waals surface area contributed by atoms with Gasteiger partial charge in [-0.05, 0) is 44.3 Å². The van der Waals surface area contributed by atoms with E-state index in [9.17, 15) is 14.4 Å². The zero-order valence-corrected chi connectivity index (χ0v) is 21.1. The third-order valence-electron chi connectivity index (χ3n) is 7.92. The van der Waals surface area contributed by atoms with Crippen molar-refractivity contribution in [3.63, 3.8) is 0 Å². The fraction of sp³-hybridized carbons (Fsp3) is 0.667. The monoisotopic (exact) mass is 484 g/mol. The van der Waals surface area contributed by atoms with E-state index in [1.807, 2.05) is 4.90 Å². The SMILES string of the molecule is COC(=O)CCC(=O)N1CCC(C(=O)N2CCN(C3CCN(Cc4ccccc4)CC3)CC2)CC1. The molecule has 0 aliphatic carbocycles. The minimum Gasteiger partial charge on any atom is -0.469 e. The van der Waals surface area contributed by atoms with E-state index in [2.05, 4.69) is 44.9 Å². The Labute approximate surface area is 209 Å². The van der Waals surface area contributed by atoms with Gasteiger partial charge in [0.25, 0.3) is 0 Å². The van der Waals surface area contributed by atoms with Gasteiger partial charge in [-0.1, -0.05) is 30.3 Å². The van der Waals surface area contributed by atoms with E-state index in [0.717, 1.165) is 45.8 Å². The van der Waals surface area contributed by atoms with Crippen molar-refractivity contribution in [2.24, 2.45) is 5.92 Å². The number of likely N-dealkylation sites (tertiary alicyclic amines) is 2. The molecule has 0 unspecified atom stereocenters. The van der Waals surface area contributed by atoms with Crippen LogP contribution < -0.4 is 0 Å². The second-order valence-corrected chi connectivity index (χ2v) is 10.1. The van der Waals surface area contributed by atoms with Gasteiger partial charge in [0.15, 0.2) is 0 Å². The van der Waals surface area contributed by atoms with Gasteiger partial charge in [-0.3, -0.25) is 24.2 Å². The standard InChI is InChI=1S/C27H40N4O4/c1-35-26(33)8-7-25(32)30-15-9-23(10-16-30)27(34)31-19-17-29(18-20-31)24-11-13-28(14-12-24)21-22-5-3-2-4-6-22/h2-6,23-24H,7-21H2,1H3. The molecule has 0 aromatic heterocycles. The summed E-state index contributed by atoms with van der Waals surface area (Å²) in [6.45, 7) is 8.02. The fourth-order valence-electron chi connectivity index (χ4n) is 5.69. The number of piperazine rings is 1. The maximum Gasteiger partial charge on any atom is 0.306 e. The van der Waals surface area contributed by atoms with Crippen molar-refractivity contribution >= 4 is 17.8 Å². The highest BCUT2D eigenvalue weighted by atomic mass is 16.5. The number of methoxy groups -OCH3 is 1. The summed E-state index contributed by atoms with van der Waals surface area (Å²) in [4.78, 5) is 45.7. The molecule has 3 heterocycles. The molecule has 3 fully saturated rings. The molecule has 0 atom stereocenters. The predicted octanol–water partition coefficient (Wildman–Crippen LogP) is 1.99. The van der Waals surface area contributed by atoms with E-state index in [1.54, 1.807) is 4.90 Å². The highest BCUT2D eigenvalue weighted by Gasteiger charge is 2.33. The van der Waals surface area contributed by atoms with Crippen LogP contribution >= 0.6 is 0 Å². The Morgan fingerprint density at radius 2 is 1.46 bits per heavy atom. The minimum absolute atomic E-state index is 0.00688. The van der Waals surface area contributed by atoms with Gasteiger partial charge in [0.2, 0.25) is 11.8 Å². The summed E-state index contributed by atoms with van der Waals surface area (Å²) < 4.78 is 4.61. The number of nitrogens with zero attached hydrogens (tertiary/aromatic N) is 4. The van der Waals surface area contributed by atoms with Crippen molar-refractivity contribution in [3.8, 4) is 0 Å². The molecular formula is C27H40N4O4. The maximum absolute atomic E-state index is 13.1. The Morgan fingerprint density at radius 1 is 0.800 bits per heavy atom. The predicted molar refractivity (Wildman–Crippen MR) is 133 cm³/mol. The molecular weight excluding hydrogens is 444 g/mol. The van der Waals surface area contributed by atoms with Crippen molar-refractivity contribution < 1.29 is 19.1 Å². The van der Waals surface area contributed by atoms with Crippen molar-refractivity contribution in [3.05, 3.63) is 35.9 Å². The molecule has 192 valence electrons. The number of amides is 2. The number of rotatable bonds is 7. The van der Waals surface area contributed by atoms with Gasteiger partial charge in [0.1, 0.15) is 0 Å². The number of hydrogen-bond acceptors (Lipinski definition) is 6. The lowest BCUT2D eigenvalue weighted by atomic mass is 9.94. The topological polar surface area (TPSA) is 73.4 Å². The van der Waals surface area contributed by atoms with Crippen molar-refractivity contribution in [1.29, 1.82) is 0 Å². The summed E-state index contributed by atoms with van der Waals surface area (Å²) in [7, 11) is 1.33. The third-order valence-corrected chi connectivity index (χ3v) is 7.92. The van der Waals surface area contributed by atoms with Gasteiger partial charge < -0.3 is 14.5 Å². The summed E-state index contributed by atoms with van der Waals surface area (Å²) in [5, 5.41) is 0. The first-order chi connectivity index (χ1) is 17.0. The van der Waals surface area contributed by atoms with Crippen LogP contribution in [0.2, 0.25) is 0 Å². The maximum atomic E-state index is 13.1. The van der Waals surface area contributed by atoms with Crippen LogP contribution in [0, 0.1) is 5.92 Å². The van der Waals surface area contributed by atoms with Gasteiger partial charge >= 0.3 is 5.97 Å². The van der Waals surface area contributed by atoms with Crippen molar-refractivity contribution in [2.45, 2.75) is 51.1 Å². The Morgan fingerprint density at radius 3 is 2.09 bits per heavy atom. The van der Waals surface area contributed by atoms with Crippen molar-refractivity contribution in [1.82, 2.24) is 19.6 Å². The average Bonchev–Trinajstić information content (AvgIpc) is 2.92. The van der Waals surface area contributed by atoms with E-state index in [4.69, 9.17) is 0 Å². The molecule has 8 heteroatoms. The van der Waals surface area contributed by atoms with Gasteiger partial charge in [-0.25, -0.2) is 0 Å². The van der Waals surface area contributed by atoms with E-state index in [1.165, 1.54) is 25.5 Å². The number of ether oxygens (including phenoxy) is 1. The molecule has 3 aliphatic heterocycles. The van der Waals surface area contributed by atoms with Crippen LogP contribution in [0.25, 0.3) is 0 Å². The van der Waals surface area contributed by atoms with Crippen LogP contribution in [0.5, 0.6) is 0 Å². The highest BCUT2D eigenvalue weighted by molar-refractivity contribution is 5.82. The molecule has 8 nitrogen and oxygen atoms in total. The number of piperidine rings is 2. The summed E-state index contributed by atoms with van der Waals surface area (Å²) in [6.07, 6.45) is 4.11. The van der Waals surface area contributed by atoms with Crippen LogP contribution in [0.4, 0.5) is 0 Å². The molecule has 3 saturated heterocycles.